The van der Waals surface area contributed by atoms with Gasteiger partial charge in [-0.3, -0.25) is 0 Å². The summed E-state index contributed by atoms with van der Waals surface area (Å²) in [6, 6.07) is 3.24. The molecule has 2 N–H and O–H groups in total. The molecular formula is C14H27N3. The van der Waals surface area contributed by atoms with E-state index >= 15 is 0 Å². The van der Waals surface area contributed by atoms with E-state index in [0.29, 0.717) is 0 Å². The highest BCUT2D eigenvalue weighted by atomic mass is 15.2. The molecule has 3 atom stereocenters. The molecule has 0 amide bonds. The average molecular weight is 237 g/mol. The van der Waals surface area contributed by atoms with Crippen molar-refractivity contribution in [3.05, 3.63) is 0 Å². The van der Waals surface area contributed by atoms with E-state index in [2.05, 4.69) is 22.6 Å². The van der Waals surface area contributed by atoms with Gasteiger partial charge in [-0.25, -0.2) is 0 Å². The van der Waals surface area contributed by atoms with Crippen molar-refractivity contribution in [2.75, 3.05) is 20.1 Å². The molecule has 0 spiro atoms. The predicted octanol–water partition coefficient (Wildman–Crippen LogP) is 1.34. The smallest absolute Gasteiger partial charge is 0.0193 e. The molecule has 3 fully saturated rings. The van der Waals surface area contributed by atoms with Crippen LogP contribution in [0.15, 0.2) is 0 Å². The first-order valence-electron chi connectivity index (χ1n) is 7.51. The van der Waals surface area contributed by atoms with Crippen LogP contribution >= 0.6 is 0 Å². The van der Waals surface area contributed by atoms with Crippen LogP contribution in [0.5, 0.6) is 0 Å². The number of nitrogens with zero attached hydrogens (tertiary/aromatic N) is 1. The van der Waals surface area contributed by atoms with Crippen molar-refractivity contribution < 1.29 is 0 Å². The molecule has 0 aromatic heterocycles. The van der Waals surface area contributed by atoms with Crippen molar-refractivity contribution in [3.8, 4) is 0 Å². The van der Waals surface area contributed by atoms with Crippen molar-refractivity contribution in [2.45, 2.75) is 69.1 Å². The maximum atomic E-state index is 3.82. The van der Waals surface area contributed by atoms with Gasteiger partial charge < -0.3 is 15.5 Å². The fourth-order valence-corrected chi connectivity index (χ4v) is 4.02. The second-order valence-corrected chi connectivity index (χ2v) is 6.27. The molecule has 3 heteroatoms. The molecule has 0 aromatic carbocycles. The van der Waals surface area contributed by atoms with Gasteiger partial charge in [0.15, 0.2) is 0 Å². The molecule has 3 saturated heterocycles. The molecule has 17 heavy (non-hydrogen) atoms. The molecule has 3 heterocycles. The van der Waals surface area contributed by atoms with Gasteiger partial charge in [0.25, 0.3) is 0 Å². The van der Waals surface area contributed by atoms with E-state index in [9.17, 15) is 0 Å². The number of piperidine rings is 2. The highest BCUT2D eigenvalue weighted by molar-refractivity contribution is 4.94. The monoisotopic (exact) mass is 237 g/mol. The van der Waals surface area contributed by atoms with Crippen LogP contribution in [-0.2, 0) is 0 Å². The molecule has 3 aliphatic heterocycles. The summed E-state index contributed by atoms with van der Waals surface area (Å²) in [6.07, 6.45) is 9.78. The maximum absolute atomic E-state index is 3.82. The van der Waals surface area contributed by atoms with Crippen LogP contribution in [0.2, 0.25) is 0 Å². The predicted molar refractivity (Wildman–Crippen MR) is 71.2 cm³/mol. The molecule has 3 unspecified atom stereocenters. The molecule has 98 valence electrons. The molecule has 0 radical (unpaired) electrons. The molecule has 3 nitrogen and oxygen atoms in total. The van der Waals surface area contributed by atoms with Gasteiger partial charge in [0, 0.05) is 30.7 Å². The minimum absolute atomic E-state index is 0.745. The van der Waals surface area contributed by atoms with Crippen molar-refractivity contribution in [3.63, 3.8) is 0 Å². The van der Waals surface area contributed by atoms with Crippen molar-refractivity contribution >= 4 is 0 Å². The number of nitrogens with one attached hydrogen (secondary N) is 2. The topological polar surface area (TPSA) is 27.3 Å². The van der Waals surface area contributed by atoms with E-state index in [-0.39, 0.29) is 0 Å². The molecule has 3 aliphatic rings. The standard InChI is InChI=1S/C14H27N3/c1-17-13-5-2-6-14(17)9-12(8-13)16-10-11-4-3-7-15-11/h11-16H,2-10H2,1H3. The Kier molecular flexibility index (Phi) is 3.69. The third-order valence-electron chi connectivity index (χ3n) is 5.16. The Morgan fingerprint density at radius 3 is 2.53 bits per heavy atom. The Balaban J connectivity index is 1.48. The lowest BCUT2D eigenvalue weighted by Crippen LogP contribution is -2.55. The Morgan fingerprint density at radius 1 is 1.12 bits per heavy atom. The quantitative estimate of drug-likeness (QED) is 0.776. The van der Waals surface area contributed by atoms with Crippen LogP contribution in [0.4, 0.5) is 0 Å². The first-order chi connectivity index (χ1) is 8.33. The minimum Gasteiger partial charge on any atom is -0.313 e. The fourth-order valence-electron chi connectivity index (χ4n) is 4.02. The first kappa shape index (κ1) is 11.9. The normalized spacial score (nSPS) is 42.9. The Bertz CT molecular complexity index is 236. The van der Waals surface area contributed by atoms with Crippen LogP contribution in [0.1, 0.15) is 44.9 Å². The van der Waals surface area contributed by atoms with Gasteiger partial charge in [0.05, 0.1) is 0 Å². The zero-order valence-electron chi connectivity index (χ0n) is 11.1. The Morgan fingerprint density at radius 2 is 1.88 bits per heavy atom. The van der Waals surface area contributed by atoms with Gasteiger partial charge in [-0.1, -0.05) is 6.42 Å². The number of hydrogen-bond donors (Lipinski definition) is 2. The van der Waals surface area contributed by atoms with E-state index < -0.39 is 0 Å². The van der Waals surface area contributed by atoms with Crippen LogP contribution in [0, 0.1) is 0 Å². The van der Waals surface area contributed by atoms with Crippen molar-refractivity contribution in [2.24, 2.45) is 0 Å². The average Bonchev–Trinajstić information content (AvgIpc) is 2.79. The van der Waals surface area contributed by atoms with E-state index in [1.165, 1.54) is 58.0 Å². The lowest BCUT2D eigenvalue weighted by Gasteiger charge is -2.47. The highest BCUT2D eigenvalue weighted by Gasteiger charge is 2.35. The van der Waals surface area contributed by atoms with Crippen LogP contribution in [0.25, 0.3) is 0 Å². The van der Waals surface area contributed by atoms with Crippen molar-refractivity contribution in [1.82, 2.24) is 15.5 Å². The van der Waals surface area contributed by atoms with Crippen LogP contribution < -0.4 is 10.6 Å². The third-order valence-corrected chi connectivity index (χ3v) is 5.16. The second-order valence-electron chi connectivity index (χ2n) is 6.27. The van der Waals surface area contributed by atoms with Crippen LogP contribution in [-0.4, -0.2) is 49.2 Å². The number of hydrogen-bond acceptors (Lipinski definition) is 3. The van der Waals surface area contributed by atoms with Gasteiger partial charge in [-0.15, -0.1) is 0 Å². The third kappa shape index (κ3) is 2.67. The zero-order valence-corrected chi connectivity index (χ0v) is 11.1. The van der Waals surface area contributed by atoms with Gasteiger partial charge in [0.2, 0.25) is 0 Å². The van der Waals surface area contributed by atoms with Gasteiger partial charge in [-0.05, 0) is 52.1 Å². The molecule has 0 saturated carbocycles. The van der Waals surface area contributed by atoms with Gasteiger partial charge in [-0.2, -0.15) is 0 Å². The summed E-state index contributed by atoms with van der Waals surface area (Å²) >= 11 is 0. The molecule has 3 rings (SSSR count). The highest BCUT2D eigenvalue weighted by Crippen LogP contribution is 2.32. The first-order valence-corrected chi connectivity index (χ1v) is 7.51. The second kappa shape index (κ2) is 5.25. The number of fused-ring (bicyclic) bond motifs is 2. The minimum atomic E-state index is 0.745. The number of rotatable bonds is 3. The molecule has 0 aliphatic carbocycles. The van der Waals surface area contributed by atoms with Gasteiger partial charge in [0.1, 0.15) is 0 Å². The lowest BCUT2D eigenvalue weighted by atomic mass is 9.82. The van der Waals surface area contributed by atoms with E-state index in [1.807, 2.05) is 0 Å². The largest absolute Gasteiger partial charge is 0.313 e. The van der Waals surface area contributed by atoms with Crippen molar-refractivity contribution in [1.29, 1.82) is 0 Å². The van der Waals surface area contributed by atoms with E-state index in [0.717, 1.165) is 24.2 Å². The van der Waals surface area contributed by atoms with Crippen LogP contribution in [0.3, 0.4) is 0 Å². The summed E-state index contributed by atoms with van der Waals surface area (Å²) in [5.74, 6) is 0. The summed E-state index contributed by atoms with van der Waals surface area (Å²) in [6.45, 7) is 2.42. The summed E-state index contributed by atoms with van der Waals surface area (Å²) in [4.78, 5) is 2.65. The summed E-state index contributed by atoms with van der Waals surface area (Å²) in [5, 5.41) is 7.41. The fraction of sp³-hybridized carbons (Fsp3) is 1.00. The Hall–Kier alpha value is -0.120. The maximum Gasteiger partial charge on any atom is 0.0193 e. The van der Waals surface area contributed by atoms with Gasteiger partial charge >= 0.3 is 0 Å². The summed E-state index contributed by atoms with van der Waals surface area (Å²) < 4.78 is 0. The molecule has 0 aromatic rings. The zero-order chi connectivity index (χ0) is 11.7. The Labute approximate surface area is 105 Å². The lowest BCUT2D eigenvalue weighted by molar-refractivity contribution is 0.0482. The summed E-state index contributed by atoms with van der Waals surface area (Å²) in [5.41, 5.74) is 0. The summed E-state index contributed by atoms with van der Waals surface area (Å²) in [7, 11) is 2.34. The van der Waals surface area contributed by atoms with E-state index in [1.54, 1.807) is 0 Å². The van der Waals surface area contributed by atoms with E-state index in [4.69, 9.17) is 0 Å². The molecule has 2 bridgehead atoms. The molecular weight excluding hydrogens is 210 g/mol. The SMILES string of the molecule is CN1C2CCCC1CC(NCC1CCCN1)C2.